The summed E-state index contributed by atoms with van der Waals surface area (Å²) in [6.45, 7) is -1.65. The molecule has 3 fully saturated rings. The van der Waals surface area contributed by atoms with E-state index in [1.54, 1.807) is 0 Å². The van der Waals surface area contributed by atoms with E-state index in [9.17, 15) is 33.9 Å². The first-order valence-electron chi connectivity index (χ1n) is 13.0. The van der Waals surface area contributed by atoms with Crippen LogP contribution in [0.1, 0.15) is 12.5 Å². The number of H-pyrrole nitrogens is 1. The number of aromatic amines is 1. The lowest BCUT2D eigenvalue weighted by atomic mass is 10.1. The Labute approximate surface area is 248 Å². The summed E-state index contributed by atoms with van der Waals surface area (Å²) in [5.74, 6) is -0.250. The molecule has 23 nitrogen and oxygen atoms in total. The quantitative estimate of drug-likeness (QED) is 0.109. The molecule has 10 atom stereocenters. The van der Waals surface area contributed by atoms with Gasteiger partial charge in [0, 0.05) is 0 Å². The van der Waals surface area contributed by atoms with Crippen molar-refractivity contribution in [2.24, 2.45) is 0 Å². The minimum absolute atomic E-state index is 0.0210. The largest absolute Gasteiger partial charge is 0.472 e. The number of aliphatic hydroxyl groups excluding tert-OH is 2. The fraction of sp³-hybridized carbons (Fsp3) is 0.500. The molecule has 0 radical (unpaired) electrons. The van der Waals surface area contributed by atoms with Crippen molar-refractivity contribution in [1.82, 2.24) is 39.0 Å². The van der Waals surface area contributed by atoms with E-state index in [0.29, 0.717) is 0 Å². The summed E-state index contributed by atoms with van der Waals surface area (Å²) < 4.78 is 61.1. The third kappa shape index (κ3) is 5.31. The van der Waals surface area contributed by atoms with Crippen LogP contribution in [0, 0.1) is 0 Å². The summed E-state index contributed by atoms with van der Waals surface area (Å²) >= 11 is 0. The SMILES string of the molecule is Nc1nc2c(ncn2[C@@H]2O[C@@H]3COP(=O)(O)OC4C(O)[C@@H](COP(=O)(O)OC3C2O)O[C@H]4n2cnc3c(N)ncnc32)c(=O)[nH]1. The zero-order chi connectivity index (χ0) is 31.8. The molecular weight excluding hydrogens is 650 g/mol. The Morgan fingerprint density at radius 3 is 2.18 bits per heavy atom. The second-order valence-electron chi connectivity index (χ2n) is 10.1. The molecule has 6 unspecified atom stereocenters. The molecule has 3 aliphatic rings. The smallest absolute Gasteiger partial charge is 0.387 e. The van der Waals surface area contributed by atoms with E-state index in [-0.39, 0.29) is 34.1 Å². The van der Waals surface area contributed by atoms with Gasteiger partial charge in [-0.15, -0.1) is 0 Å². The third-order valence-electron chi connectivity index (χ3n) is 7.32. The molecule has 4 aromatic heterocycles. The van der Waals surface area contributed by atoms with Crippen LogP contribution in [-0.4, -0.2) is 109 Å². The lowest BCUT2D eigenvalue weighted by molar-refractivity contribution is -0.0672. The number of nitrogens with zero attached hydrogens (tertiary/aromatic N) is 7. The molecule has 0 spiro atoms. The highest BCUT2D eigenvalue weighted by Crippen LogP contribution is 2.53. The van der Waals surface area contributed by atoms with Gasteiger partial charge >= 0.3 is 15.6 Å². The Hall–Kier alpha value is -3.44. The van der Waals surface area contributed by atoms with Gasteiger partial charge in [-0.3, -0.25) is 37.0 Å². The number of aliphatic hydroxyl groups is 2. The van der Waals surface area contributed by atoms with Gasteiger partial charge in [-0.25, -0.2) is 29.1 Å². The predicted molar refractivity (Wildman–Crippen MR) is 143 cm³/mol. The van der Waals surface area contributed by atoms with Crippen molar-refractivity contribution in [2.45, 2.75) is 49.1 Å². The van der Waals surface area contributed by atoms with Crippen LogP contribution in [0.3, 0.4) is 0 Å². The molecule has 3 saturated heterocycles. The molecule has 45 heavy (non-hydrogen) atoms. The van der Waals surface area contributed by atoms with Gasteiger partial charge < -0.3 is 40.9 Å². The Bertz CT molecular complexity index is 1940. The molecule has 7 rings (SSSR count). The van der Waals surface area contributed by atoms with E-state index < -0.39 is 83.5 Å². The number of hydrogen-bond donors (Lipinski definition) is 7. The maximum Gasteiger partial charge on any atom is 0.472 e. The van der Waals surface area contributed by atoms with Gasteiger partial charge in [0.2, 0.25) is 5.95 Å². The fourth-order valence-electron chi connectivity index (χ4n) is 5.30. The average Bonchev–Trinajstić information content (AvgIpc) is 3.72. The summed E-state index contributed by atoms with van der Waals surface area (Å²) in [6.07, 6.45) is -9.21. The van der Waals surface area contributed by atoms with Gasteiger partial charge in [0.1, 0.15) is 48.5 Å². The molecule has 2 bridgehead atoms. The monoisotopic (exact) mass is 674 g/mol. The molecular formula is C20H24N10O13P2. The van der Waals surface area contributed by atoms with Crippen LogP contribution in [0.15, 0.2) is 23.8 Å². The minimum atomic E-state index is -5.09. The van der Waals surface area contributed by atoms with Gasteiger partial charge in [0.05, 0.1) is 25.9 Å². The van der Waals surface area contributed by atoms with Crippen LogP contribution < -0.4 is 17.0 Å². The van der Waals surface area contributed by atoms with Crippen molar-refractivity contribution in [3.05, 3.63) is 29.3 Å². The van der Waals surface area contributed by atoms with Gasteiger partial charge in [0.15, 0.2) is 35.1 Å². The van der Waals surface area contributed by atoms with E-state index >= 15 is 0 Å². The highest BCUT2D eigenvalue weighted by atomic mass is 31.2. The van der Waals surface area contributed by atoms with Crippen molar-refractivity contribution in [3.8, 4) is 0 Å². The van der Waals surface area contributed by atoms with Gasteiger partial charge in [-0.1, -0.05) is 0 Å². The highest BCUT2D eigenvalue weighted by Gasteiger charge is 2.54. The first-order valence-corrected chi connectivity index (χ1v) is 15.9. The lowest BCUT2D eigenvalue weighted by Gasteiger charge is -2.25. The Morgan fingerprint density at radius 2 is 1.44 bits per heavy atom. The number of nitrogens with two attached hydrogens (primary N) is 2. The number of hydrogen-bond acceptors (Lipinski definition) is 18. The normalized spacial score (nSPS) is 37.7. The summed E-state index contributed by atoms with van der Waals surface area (Å²) in [6, 6.07) is 0. The zero-order valence-electron chi connectivity index (χ0n) is 22.4. The lowest BCUT2D eigenvalue weighted by Crippen LogP contribution is -2.36. The molecule has 242 valence electrons. The summed E-state index contributed by atoms with van der Waals surface area (Å²) in [5, 5.41) is 22.1. The summed E-state index contributed by atoms with van der Waals surface area (Å²) in [7, 11) is -10.2. The van der Waals surface area contributed by atoms with Crippen molar-refractivity contribution >= 4 is 49.7 Å². The molecule has 25 heteroatoms. The maximum atomic E-state index is 13.2. The molecule has 7 heterocycles. The first kappa shape index (κ1) is 30.2. The van der Waals surface area contributed by atoms with Crippen LogP contribution in [-0.2, 0) is 36.7 Å². The predicted octanol–water partition coefficient (Wildman–Crippen LogP) is -2.34. The number of rotatable bonds is 2. The Kier molecular flexibility index (Phi) is 7.27. The van der Waals surface area contributed by atoms with E-state index in [1.807, 2.05) is 0 Å². The molecule has 0 amide bonds. The van der Waals surface area contributed by atoms with Crippen LogP contribution in [0.5, 0.6) is 0 Å². The van der Waals surface area contributed by atoms with Gasteiger partial charge in [0.25, 0.3) is 5.56 Å². The number of nitrogen functional groups attached to an aromatic ring is 2. The third-order valence-corrected chi connectivity index (χ3v) is 9.29. The summed E-state index contributed by atoms with van der Waals surface area (Å²) in [4.78, 5) is 55.7. The van der Waals surface area contributed by atoms with E-state index in [4.69, 9.17) is 39.0 Å². The van der Waals surface area contributed by atoms with Crippen molar-refractivity contribution < 1.29 is 56.7 Å². The van der Waals surface area contributed by atoms with Crippen LogP contribution in [0.4, 0.5) is 11.8 Å². The average molecular weight is 674 g/mol. The zero-order valence-corrected chi connectivity index (χ0v) is 24.2. The Morgan fingerprint density at radius 1 is 0.822 bits per heavy atom. The number of aromatic nitrogens is 8. The number of phosphoric ester groups is 2. The Balaban J connectivity index is 1.21. The van der Waals surface area contributed by atoms with Crippen LogP contribution in [0.2, 0.25) is 0 Å². The van der Waals surface area contributed by atoms with Crippen molar-refractivity contribution in [2.75, 3.05) is 24.7 Å². The number of phosphoric acid groups is 2. The number of nitrogens with one attached hydrogen (secondary N) is 1. The topological polar surface area (TPSA) is 330 Å². The second-order valence-corrected chi connectivity index (χ2v) is 13.0. The molecule has 3 aliphatic heterocycles. The number of imidazole rings is 2. The molecule has 4 aromatic rings. The molecule has 9 N–H and O–H groups in total. The van der Waals surface area contributed by atoms with Crippen molar-refractivity contribution in [3.63, 3.8) is 0 Å². The maximum absolute atomic E-state index is 13.2. The fourth-order valence-corrected chi connectivity index (χ4v) is 7.19. The first-order chi connectivity index (χ1) is 21.3. The molecule has 0 aliphatic carbocycles. The van der Waals surface area contributed by atoms with E-state index in [0.717, 1.165) is 17.2 Å². The number of anilines is 2. The van der Waals surface area contributed by atoms with Gasteiger partial charge in [-0.2, -0.15) is 4.98 Å². The number of ether oxygens (including phenoxy) is 2. The van der Waals surface area contributed by atoms with Crippen LogP contribution >= 0.6 is 15.6 Å². The van der Waals surface area contributed by atoms with Gasteiger partial charge in [-0.05, 0) is 0 Å². The highest BCUT2D eigenvalue weighted by molar-refractivity contribution is 7.47. The minimum Gasteiger partial charge on any atom is -0.387 e. The molecule has 0 saturated carbocycles. The summed E-state index contributed by atoms with van der Waals surface area (Å²) in [5.41, 5.74) is 10.8. The van der Waals surface area contributed by atoms with Crippen molar-refractivity contribution in [1.29, 1.82) is 0 Å². The molecule has 0 aromatic carbocycles. The van der Waals surface area contributed by atoms with E-state index in [2.05, 4.69) is 29.9 Å². The second kappa shape index (κ2) is 10.8. The number of fused-ring (bicyclic) bond motifs is 5. The van der Waals surface area contributed by atoms with Crippen LogP contribution in [0.25, 0.3) is 22.3 Å². The standard InChI is InChI=1S/C20H24N10O13P2/c21-14-8-15(24-3-23-14)29(4-25-8)19-13-10(31)6(40-19)1-38-44(34,35)42-12-7(2-39-45(36,37)43-13)41-18(11(12)32)30-5-26-9-16(30)27-20(22)28-17(9)33/h3-7,10-13,18-19,31-32H,1-2H2,(H,34,35)(H,36,37)(H2,21,23,24)(H3,22,27,28,33)/t6-,7-,10?,11?,12?,13?,18-,19-/m1/s1. The van der Waals surface area contributed by atoms with E-state index in [1.165, 1.54) is 10.9 Å².